The largest absolute Gasteiger partial charge is 0.508 e. The smallest absolute Gasteiger partial charge is 0.225 e. The molecule has 162 valence electrons. The van der Waals surface area contributed by atoms with Crippen LogP contribution in [-0.2, 0) is 16.6 Å². The Bertz CT molecular complexity index is 862. The van der Waals surface area contributed by atoms with Crippen LogP contribution in [0.2, 0.25) is 0 Å². The molecule has 3 aliphatic carbocycles. The quantitative estimate of drug-likeness (QED) is 0.804. The lowest BCUT2D eigenvalue weighted by Gasteiger charge is -2.59. The van der Waals surface area contributed by atoms with E-state index < -0.39 is 11.0 Å². The van der Waals surface area contributed by atoms with Gasteiger partial charge in [-0.1, -0.05) is 6.07 Å². The lowest BCUT2D eigenvalue weighted by Crippen LogP contribution is -2.69. The van der Waals surface area contributed by atoms with Crippen molar-refractivity contribution in [2.45, 2.75) is 74.8 Å². The van der Waals surface area contributed by atoms with Crippen molar-refractivity contribution < 1.29 is 15.0 Å². The van der Waals surface area contributed by atoms with E-state index in [9.17, 15) is 15.0 Å². The third-order valence-electron chi connectivity index (χ3n) is 9.03. The molecule has 2 N–H and O–H groups in total. The first-order valence-corrected chi connectivity index (χ1v) is 12.1. The van der Waals surface area contributed by atoms with Crippen molar-refractivity contribution in [3.8, 4) is 5.75 Å². The van der Waals surface area contributed by atoms with Gasteiger partial charge in [-0.3, -0.25) is 9.69 Å². The second-order valence-corrected chi connectivity index (χ2v) is 10.7. The molecule has 1 aromatic rings. The van der Waals surface area contributed by atoms with Crippen molar-refractivity contribution in [3.63, 3.8) is 0 Å². The molecule has 0 aromatic heterocycles. The van der Waals surface area contributed by atoms with E-state index in [1.54, 1.807) is 6.07 Å². The highest BCUT2D eigenvalue weighted by atomic mass is 16.3. The van der Waals surface area contributed by atoms with Crippen LogP contribution < -0.4 is 0 Å². The lowest BCUT2D eigenvalue weighted by atomic mass is 9.56. The summed E-state index contributed by atoms with van der Waals surface area (Å²) in [6.07, 6.45) is 9.04. The number of aromatic hydroxyl groups is 1. The molecule has 2 saturated heterocycles. The van der Waals surface area contributed by atoms with Crippen LogP contribution in [0.25, 0.3) is 0 Å². The summed E-state index contributed by atoms with van der Waals surface area (Å²) < 4.78 is 0. The number of carbonyl (C=O) groups is 1. The Labute approximate surface area is 179 Å². The van der Waals surface area contributed by atoms with Gasteiger partial charge >= 0.3 is 0 Å². The van der Waals surface area contributed by atoms with Crippen LogP contribution in [0.4, 0.5) is 0 Å². The van der Waals surface area contributed by atoms with Gasteiger partial charge in [0.05, 0.1) is 5.60 Å². The maximum absolute atomic E-state index is 13.5. The summed E-state index contributed by atoms with van der Waals surface area (Å²) in [5.74, 6) is 1.21. The molecule has 0 radical (unpaired) electrons. The monoisotopic (exact) mass is 410 g/mol. The molecule has 5 aliphatic rings. The van der Waals surface area contributed by atoms with Gasteiger partial charge < -0.3 is 15.1 Å². The van der Waals surface area contributed by atoms with Crippen molar-refractivity contribution in [2.75, 3.05) is 26.2 Å². The van der Waals surface area contributed by atoms with E-state index in [1.807, 2.05) is 6.07 Å². The number of amides is 1. The fourth-order valence-corrected chi connectivity index (χ4v) is 7.38. The average Bonchev–Trinajstić information content (AvgIpc) is 3.50. The van der Waals surface area contributed by atoms with Gasteiger partial charge in [0.25, 0.3) is 0 Å². The average molecular weight is 411 g/mol. The first kappa shape index (κ1) is 19.1. The van der Waals surface area contributed by atoms with E-state index >= 15 is 0 Å². The van der Waals surface area contributed by atoms with Gasteiger partial charge in [0.15, 0.2) is 0 Å². The molecule has 2 saturated carbocycles. The molecule has 4 atom stereocenters. The minimum atomic E-state index is -0.878. The molecular weight excluding hydrogens is 376 g/mol. The molecule has 1 aromatic carbocycles. The second-order valence-electron chi connectivity index (χ2n) is 10.7. The van der Waals surface area contributed by atoms with E-state index in [1.165, 1.54) is 24.8 Å². The SMILES string of the molecule is O=C([C@H]1C[C@]23CCN(CC4CC4)[C@H](Cc4ccc(O)cc42)[C@]3(O)C1)N1CCCCC1. The van der Waals surface area contributed by atoms with Gasteiger partial charge in [0, 0.05) is 37.0 Å². The number of nitrogens with zero attached hydrogens (tertiary/aromatic N) is 2. The van der Waals surface area contributed by atoms with Gasteiger partial charge in [-0.2, -0.15) is 0 Å². The second kappa shape index (κ2) is 6.70. The Morgan fingerprint density at radius 1 is 1.10 bits per heavy atom. The molecule has 0 spiro atoms. The van der Waals surface area contributed by atoms with E-state index in [2.05, 4.69) is 15.9 Å². The molecule has 2 heterocycles. The van der Waals surface area contributed by atoms with Crippen molar-refractivity contribution >= 4 is 5.91 Å². The van der Waals surface area contributed by atoms with E-state index in [4.69, 9.17) is 0 Å². The predicted octanol–water partition coefficient (Wildman–Crippen LogP) is 2.82. The molecule has 5 nitrogen and oxygen atoms in total. The van der Waals surface area contributed by atoms with Gasteiger partial charge in [0.1, 0.15) is 5.75 Å². The molecule has 2 aliphatic heterocycles. The number of hydrogen-bond acceptors (Lipinski definition) is 4. The minimum absolute atomic E-state index is 0.0862. The van der Waals surface area contributed by atoms with E-state index in [0.29, 0.717) is 6.42 Å². The summed E-state index contributed by atoms with van der Waals surface area (Å²) in [5, 5.41) is 22.6. The van der Waals surface area contributed by atoms with Gasteiger partial charge in [0.2, 0.25) is 5.91 Å². The number of benzene rings is 1. The van der Waals surface area contributed by atoms with Crippen molar-refractivity contribution in [2.24, 2.45) is 11.8 Å². The number of hydrogen-bond donors (Lipinski definition) is 2. The summed E-state index contributed by atoms with van der Waals surface area (Å²) in [7, 11) is 0. The standard InChI is InChI=1S/C25H34N2O3/c28-20-7-6-18-12-22-25(30)15-19(23(29)26-9-2-1-3-10-26)14-24(25,21(18)13-20)8-11-27(22)16-17-4-5-17/h6-7,13,17,19,22,28,30H,1-5,8-12,14-16H2/t19-,22+,24+,25+/m0/s1. The Balaban J connectivity index is 1.39. The highest BCUT2D eigenvalue weighted by Gasteiger charge is 2.68. The molecule has 1 amide bonds. The summed E-state index contributed by atoms with van der Waals surface area (Å²) in [4.78, 5) is 18.1. The molecule has 6 rings (SSSR count). The van der Waals surface area contributed by atoms with E-state index in [0.717, 1.165) is 69.8 Å². The highest BCUT2D eigenvalue weighted by Crippen LogP contribution is 2.62. The number of fused-ring (bicyclic) bond motifs is 1. The summed E-state index contributed by atoms with van der Waals surface area (Å²) in [6.45, 7) is 3.81. The van der Waals surface area contributed by atoms with Crippen LogP contribution in [0.1, 0.15) is 62.5 Å². The molecule has 4 fully saturated rings. The van der Waals surface area contributed by atoms with Crippen molar-refractivity contribution in [3.05, 3.63) is 29.3 Å². The van der Waals surface area contributed by atoms with Crippen LogP contribution in [0, 0.1) is 11.8 Å². The maximum Gasteiger partial charge on any atom is 0.225 e. The number of phenolic OH excluding ortho intramolecular Hbond substituents is 1. The predicted molar refractivity (Wildman–Crippen MR) is 114 cm³/mol. The zero-order valence-corrected chi connectivity index (χ0v) is 17.9. The third-order valence-corrected chi connectivity index (χ3v) is 9.03. The summed E-state index contributed by atoms with van der Waals surface area (Å²) in [6, 6.07) is 5.81. The van der Waals surface area contributed by atoms with Gasteiger partial charge in [-0.25, -0.2) is 0 Å². The first-order valence-electron chi connectivity index (χ1n) is 12.1. The molecule has 0 unspecified atom stereocenters. The summed E-state index contributed by atoms with van der Waals surface area (Å²) >= 11 is 0. The molecular formula is C25H34N2O3. The maximum atomic E-state index is 13.5. The Morgan fingerprint density at radius 2 is 1.90 bits per heavy atom. The third kappa shape index (κ3) is 2.70. The van der Waals surface area contributed by atoms with E-state index in [-0.39, 0.29) is 23.6 Å². The number of phenols is 1. The Hall–Kier alpha value is -1.59. The number of likely N-dealkylation sites (tertiary alicyclic amines) is 2. The van der Waals surface area contributed by atoms with Crippen molar-refractivity contribution in [1.29, 1.82) is 0 Å². The van der Waals surface area contributed by atoms with Crippen LogP contribution in [-0.4, -0.2) is 63.7 Å². The zero-order chi connectivity index (χ0) is 20.5. The first-order chi connectivity index (χ1) is 14.5. The van der Waals surface area contributed by atoms with Crippen molar-refractivity contribution in [1.82, 2.24) is 9.80 Å². The fraction of sp³-hybridized carbons (Fsp3) is 0.720. The zero-order valence-electron chi connectivity index (χ0n) is 17.9. The highest BCUT2D eigenvalue weighted by molar-refractivity contribution is 5.80. The van der Waals surface area contributed by atoms with Gasteiger partial charge in [-0.15, -0.1) is 0 Å². The van der Waals surface area contributed by atoms with Crippen LogP contribution in [0.3, 0.4) is 0 Å². The summed E-state index contributed by atoms with van der Waals surface area (Å²) in [5.41, 5.74) is 1.09. The number of aliphatic hydroxyl groups is 1. The number of piperidine rings is 2. The van der Waals surface area contributed by atoms with Crippen LogP contribution in [0.5, 0.6) is 5.75 Å². The number of carbonyl (C=O) groups excluding carboxylic acids is 1. The number of rotatable bonds is 3. The topological polar surface area (TPSA) is 64.0 Å². The van der Waals surface area contributed by atoms with Crippen LogP contribution in [0.15, 0.2) is 18.2 Å². The molecule has 2 bridgehead atoms. The molecule has 30 heavy (non-hydrogen) atoms. The Kier molecular flexibility index (Phi) is 4.27. The minimum Gasteiger partial charge on any atom is -0.508 e. The normalized spacial score (nSPS) is 38.2. The lowest BCUT2D eigenvalue weighted by molar-refractivity contribution is -0.140. The fourth-order valence-electron chi connectivity index (χ4n) is 7.38. The Morgan fingerprint density at radius 3 is 2.67 bits per heavy atom. The molecule has 5 heteroatoms. The van der Waals surface area contributed by atoms with Gasteiger partial charge in [-0.05, 0) is 93.5 Å². The van der Waals surface area contributed by atoms with Crippen LogP contribution >= 0.6 is 0 Å².